The number of nitrogens with zero attached hydrogens (tertiary/aromatic N) is 2. The number of carboxylic acid groups (broad SMARTS) is 1. The fourth-order valence-electron chi connectivity index (χ4n) is 4.48. The van der Waals surface area contributed by atoms with Crippen LogP contribution in [0.5, 0.6) is 5.75 Å². The molecule has 2 N–H and O–H groups in total. The van der Waals surface area contributed by atoms with Crippen LogP contribution < -0.4 is 15.0 Å². The van der Waals surface area contributed by atoms with Crippen molar-refractivity contribution in [3.63, 3.8) is 0 Å². The molecule has 0 bridgehead atoms. The topological polar surface area (TPSA) is 82.1 Å². The summed E-state index contributed by atoms with van der Waals surface area (Å²) in [5.74, 6) is -0.763. The van der Waals surface area contributed by atoms with Gasteiger partial charge in [-0.05, 0) is 30.3 Å². The van der Waals surface area contributed by atoms with Crippen LogP contribution in [-0.4, -0.2) is 55.3 Å². The maximum atomic E-state index is 13.4. The van der Waals surface area contributed by atoms with Crippen molar-refractivity contribution in [2.45, 2.75) is 6.18 Å². The van der Waals surface area contributed by atoms with Crippen LogP contribution in [0.1, 0.15) is 15.9 Å². The lowest BCUT2D eigenvalue weighted by atomic mass is 10.0. The standard InChI is InChI=1S/C22H22F3N3O4/c1-32-15-6-7-18(16(8-15)20(29)30)26-21(31)28-11-13-9-27(10-14(13)12-28)19-5-3-2-4-17(19)22(23,24)25/h2-8,13-14H,9-12H2,1H3,(H,26,31)(H,29,30)/t13-,14+. The monoisotopic (exact) mass is 449 g/mol. The van der Waals surface area contributed by atoms with Gasteiger partial charge in [0.1, 0.15) is 5.75 Å². The minimum Gasteiger partial charge on any atom is -0.497 e. The Balaban J connectivity index is 1.43. The highest BCUT2D eigenvalue weighted by atomic mass is 19.4. The van der Waals surface area contributed by atoms with E-state index in [1.807, 2.05) is 0 Å². The second kappa shape index (κ2) is 8.25. The number of benzene rings is 2. The van der Waals surface area contributed by atoms with E-state index in [0.717, 1.165) is 6.07 Å². The first-order valence-electron chi connectivity index (χ1n) is 10.1. The molecule has 2 aliphatic heterocycles. The van der Waals surface area contributed by atoms with Crippen LogP contribution in [0.2, 0.25) is 0 Å². The zero-order chi connectivity index (χ0) is 23.0. The van der Waals surface area contributed by atoms with Gasteiger partial charge in [-0.3, -0.25) is 0 Å². The highest BCUT2D eigenvalue weighted by molar-refractivity contribution is 6.00. The molecule has 0 unspecified atom stereocenters. The number of anilines is 2. The summed E-state index contributed by atoms with van der Waals surface area (Å²) >= 11 is 0. The molecule has 170 valence electrons. The van der Waals surface area contributed by atoms with Crippen LogP contribution in [0.3, 0.4) is 0 Å². The molecule has 2 aromatic rings. The molecular weight excluding hydrogens is 427 g/mol. The number of carbonyl (C=O) groups is 2. The molecule has 2 amide bonds. The van der Waals surface area contributed by atoms with Crippen LogP contribution in [0.15, 0.2) is 42.5 Å². The number of para-hydroxylation sites is 1. The van der Waals surface area contributed by atoms with Crippen LogP contribution in [-0.2, 0) is 6.18 Å². The van der Waals surface area contributed by atoms with E-state index < -0.39 is 23.7 Å². The molecule has 0 aromatic heterocycles. The third-order valence-corrected chi connectivity index (χ3v) is 6.02. The summed E-state index contributed by atoms with van der Waals surface area (Å²) in [7, 11) is 1.42. The molecule has 2 saturated heterocycles. The van der Waals surface area contributed by atoms with E-state index in [-0.39, 0.29) is 28.8 Å². The minimum atomic E-state index is -4.43. The number of rotatable bonds is 4. The van der Waals surface area contributed by atoms with Crippen molar-refractivity contribution >= 4 is 23.4 Å². The molecule has 0 spiro atoms. The van der Waals surface area contributed by atoms with Crippen molar-refractivity contribution < 1.29 is 32.6 Å². The third kappa shape index (κ3) is 4.17. The van der Waals surface area contributed by atoms with Crippen molar-refractivity contribution in [2.24, 2.45) is 11.8 Å². The van der Waals surface area contributed by atoms with Gasteiger partial charge in [-0.15, -0.1) is 0 Å². The maximum Gasteiger partial charge on any atom is 0.418 e. The number of carbonyl (C=O) groups excluding carboxylic acids is 1. The molecule has 2 aromatic carbocycles. The first kappa shape index (κ1) is 21.8. The smallest absolute Gasteiger partial charge is 0.418 e. The number of ether oxygens (including phenoxy) is 1. The predicted octanol–water partition coefficient (Wildman–Crippen LogP) is 4.01. The molecule has 2 fully saturated rings. The summed E-state index contributed by atoms with van der Waals surface area (Å²) in [6.45, 7) is 1.62. The Labute approximate surface area is 182 Å². The summed E-state index contributed by atoms with van der Waals surface area (Å²) in [6.07, 6.45) is -4.43. The van der Waals surface area contributed by atoms with Crippen LogP contribution in [0, 0.1) is 11.8 Å². The van der Waals surface area contributed by atoms with Crippen LogP contribution in [0.4, 0.5) is 29.3 Å². The van der Waals surface area contributed by atoms with Gasteiger partial charge in [0, 0.05) is 43.7 Å². The number of carboxylic acids is 1. The Bertz CT molecular complexity index is 1030. The molecule has 2 atom stereocenters. The Hall–Kier alpha value is -3.43. The molecule has 2 heterocycles. The van der Waals surface area contributed by atoms with Gasteiger partial charge >= 0.3 is 18.2 Å². The second-order valence-corrected chi connectivity index (χ2v) is 7.99. The van der Waals surface area contributed by atoms with Gasteiger partial charge in [0.15, 0.2) is 0 Å². The number of halogens is 3. The molecule has 2 aliphatic rings. The molecule has 0 saturated carbocycles. The van der Waals surface area contributed by atoms with Gasteiger partial charge in [-0.2, -0.15) is 13.2 Å². The summed E-state index contributed by atoms with van der Waals surface area (Å²) in [6, 6.07) is 9.43. The first-order valence-corrected chi connectivity index (χ1v) is 10.1. The fourth-order valence-corrected chi connectivity index (χ4v) is 4.48. The third-order valence-electron chi connectivity index (χ3n) is 6.02. The van der Waals surface area contributed by atoms with Gasteiger partial charge in [-0.25, -0.2) is 9.59 Å². The zero-order valence-corrected chi connectivity index (χ0v) is 17.2. The number of nitrogens with one attached hydrogen (secondary N) is 1. The molecule has 10 heteroatoms. The van der Waals surface area contributed by atoms with Gasteiger partial charge in [0.25, 0.3) is 0 Å². The Kier molecular flexibility index (Phi) is 5.62. The summed E-state index contributed by atoms with van der Waals surface area (Å²) in [5, 5.41) is 12.0. The number of urea groups is 1. The van der Waals surface area contributed by atoms with Gasteiger partial charge in [-0.1, -0.05) is 12.1 Å². The maximum absolute atomic E-state index is 13.4. The number of methoxy groups -OCH3 is 1. The van der Waals surface area contributed by atoms with E-state index in [1.54, 1.807) is 21.9 Å². The molecule has 32 heavy (non-hydrogen) atoms. The first-order chi connectivity index (χ1) is 15.2. The fraction of sp³-hybridized carbons (Fsp3) is 0.364. The number of hydrogen-bond donors (Lipinski definition) is 2. The summed E-state index contributed by atoms with van der Waals surface area (Å²) < 4.78 is 45.1. The predicted molar refractivity (Wildman–Crippen MR) is 111 cm³/mol. The van der Waals surface area contributed by atoms with Crippen molar-refractivity contribution in [1.29, 1.82) is 0 Å². The van der Waals surface area contributed by atoms with Crippen molar-refractivity contribution in [3.8, 4) is 5.75 Å². The average molecular weight is 449 g/mol. The molecular formula is C22H22F3N3O4. The largest absolute Gasteiger partial charge is 0.497 e. The van der Waals surface area contributed by atoms with E-state index in [4.69, 9.17) is 4.74 Å². The number of fused-ring (bicyclic) bond motifs is 1. The minimum absolute atomic E-state index is 0.0388. The van der Waals surface area contributed by atoms with E-state index in [1.165, 1.54) is 31.4 Å². The van der Waals surface area contributed by atoms with Gasteiger partial charge in [0.05, 0.1) is 23.9 Å². The quantitative estimate of drug-likeness (QED) is 0.737. The van der Waals surface area contributed by atoms with Crippen molar-refractivity contribution in [1.82, 2.24) is 4.90 Å². The molecule has 7 nitrogen and oxygen atoms in total. The van der Waals surface area contributed by atoms with Crippen LogP contribution >= 0.6 is 0 Å². The number of amides is 2. The SMILES string of the molecule is COc1ccc(NC(=O)N2C[C@@H]3CN(c4ccccc4C(F)(F)F)C[C@@H]3C2)c(C(=O)O)c1. The van der Waals surface area contributed by atoms with E-state index in [2.05, 4.69) is 5.32 Å². The number of likely N-dealkylation sites (tertiary alicyclic amines) is 1. The van der Waals surface area contributed by atoms with Crippen molar-refractivity contribution in [2.75, 3.05) is 43.5 Å². The van der Waals surface area contributed by atoms with Crippen molar-refractivity contribution in [3.05, 3.63) is 53.6 Å². The Morgan fingerprint density at radius 2 is 1.72 bits per heavy atom. The zero-order valence-electron chi connectivity index (χ0n) is 17.2. The number of alkyl halides is 3. The number of hydrogen-bond acceptors (Lipinski definition) is 4. The summed E-state index contributed by atoms with van der Waals surface area (Å²) in [4.78, 5) is 27.6. The second-order valence-electron chi connectivity index (χ2n) is 7.99. The molecule has 0 aliphatic carbocycles. The Morgan fingerprint density at radius 3 is 2.31 bits per heavy atom. The lowest BCUT2D eigenvalue weighted by molar-refractivity contribution is -0.137. The summed E-state index contributed by atoms with van der Waals surface area (Å²) in [5.41, 5.74) is -0.432. The van der Waals surface area contributed by atoms with E-state index in [9.17, 15) is 27.9 Å². The lowest BCUT2D eigenvalue weighted by Gasteiger charge is -2.26. The number of aromatic carboxylic acids is 1. The lowest BCUT2D eigenvalue weighted by Crippen LogP contribution is -2.36. The highest BCUT2D eigenvalue weighted by Crippen LogP contribution is 2.40. The van der Waals surface area contributed by atoms with Gasteiger partial charge < -0.3 is 25.0 Å². The highest BCUT2D eigenvalue weighted by Gasteiger charge is 2.44. The van der Waals surface area contributed by atoms with Crippen LogP contribution in [0.25, 0.3) is 0 Å². The van der Waals surface area contributed by atoms with Gasteiger partial charge in [0.2, 0.25) is 0 Å². The van der Waals surface area contributed by atoms with E-state index >= 15 is 0 Å². The average Bonchev–Trinajstić information content (AvgIpc) is 3.32. The van der Waals surface area contributed by atoms with E-state index in [0.29, 0.717) is 31.9 Å². The normalized spacial score (nSPS) is 20.2. The Morgan fingerprint density at radius 1 is 1.06 bits per heavy atom. The molecule has 4 rings (SSSR count). The molecule has 0 radical (unpaired) electrons.